The van der Waals surface area contributed by atoms with E-state index >= 15 is 0 Å². The van der Waals surface area contributed by atoms with E-state index in [0.717, 1.165) is 38.9 Å². The molecule has 0 saturated heterocycles. The summed E-state index contributed by atoms with van der Waals surface area (Å²) in [6, 6.07) is 10.4. The summed E-state index contributed by atoms with van der Waals surface area (Å²) in [5.41, 5.74) is 2.47. The third-order valence-corrected chi connectivity index (χ3v) is 3.88. The predicted molar refractivity (Wildman–Crippen MR) is 86.4 cm³/mol. The first kappa shape index (κ1) is 16.0. The molecule has 0 aromatic heterocycles. The molecular weight excluding hydrogens is 262 g/mol. The zero-order valence-corrected chi connectivity index (χ0v) is 13.1. The normalized spacial score (nSPS) is 17.6. The SMILES string of the molecule is CCC1=NOC(CCCCCCOCc2ccccc2)C1. The molecular formula is C18H27NO2. The molecule has 0 fully saturated rings. The number of oxime groups is 1. The lowest BCUT2D eigenvalue weighted by Crippen LogP contribution is -2.07. The van der Waals surface area contributed by atoms with Crippen LogP contribution in [0.15, 0.2) is 35.5 Å². The highest BCUT2D eigenvalue weighted by Crippen LogP contribution is 2.18. The highest BCUT2D eigenvalue weighted by atomic mass is 16.6. The van der Waals surface area contributed by atoms with Gasteiger partial charge in [-0.3, -0.25) is 0 Å². The molecule has 1 heterocycles. The monoisotopic (exact) mass is 289 g/mol. The van der Waals surface area contributed by atoms with Crippen molar-refractivity contribution in [3.8, 4) is 0 Å². The Balaban J connectivity index is 1.39. The first-order chi connectivity index (χ1) is 10.4. The molecule has 0 bridgehead atoms. The van der Waals surface area contributed by atoms with Crippen molar-refractivity contribution in [1.29, 1.82) is 0 Å². The van der Waals surface area contributed by atoms with Crippen molar-refractivity contribution in [2.24, 2.45) is 5.16 Å². The van der Waals surface area contributed by atoms with Crippen molar-refractivity contribution < 1.29 is 9.57 Å². The first-order valence-electron chi connectivity index (χ1n) is 8.21. The average Bonchev–Trinajstić information content (AvgIpc) is 2.99. The predicted octanol–water partition coefficient (Wildman–Crippen LogP) is 4.71. The Morgan fingerprint density at radius 1 is 1.14 bits per heavy atom. The van der Waals surface area contributed by atoms with Crippen LogP contribution < -0.4 is 0 Å². The molecule has 0 spiro atoms. The maximum absolute atomic E-state index is 5.69. The minimum absolute atomic E-state index is 0.342. The molecule has 0 radical (unpaired) electrons. The van der Waals surface area contributed by atoms with Gasteiger partial charge in [0.15, 0.2) is 0 Å². The number of hydrogen-bond donors (Lipinski definition) is 0. The summed E-state index contributed by atoms with van der Waals surface area (Å²) in [5.74, 6) is 0. The lowest BCUT2D eigenvalue weighted by molar-refractivity contribution is 0.0765. The van der Waals surface area contributed by atoms with Gasteiger partial charge in [0.2, 0.25) is 0 Å². The summed E-state index contributed by atoms with van der Waals surface area (Å²) in [6.07, 6.45) is 8.42. The first-order valence-corrected chi connectivity index (χ1v) is 8.21. The molecule has 0 aliphatic carbocycles. The fourth-order valence-electron chi connectivity index (χ4n) is 2.54. The molecule has 0 N–H and O–H groups in total. The zero-order valence-electron chi connectivity index (χ0n) is 13.1. The van der Waals surface area contributed by atoms with Crippen molar-refractivity contribution in [3.05, 3.63) is 35.9 Å². The Morgan fingerprint density at radius 3 is 2.71 bits per heavy atom. The van der Waals surface area contributed by atoms with Gasteiger partial charge in [0.1, 0.15) is 6.10 Å². The van der Waals surface area contributed by atoms with E-state index in [1.165, 1.54) is 30.5 Å². The van der Waals surface area contributed by atoms with Crippen LogP contribution in [0.5, 0.6) is 0 Å². The smallest absolute Gasteiger partial charge is 0.132 e. The van der Waals surface area contributed by atoms with Gasteiger partial charge in [-0.15, -0.1) is 0 Å². The number of hydrogen-bond acceptors (Lipinski definition) is 3. The number of nitrogens with zero attached hydrogens (tertiary/aromatic N) is 1. The Hall–Kier alpha value is -1.35. The van der Waals surface area contributed by atoms with Crippen LogP contribution in [0.1, 0.15) is 57.4 Å². The van der Waals surface area contributed by atoms with E-state index < -0.39 is 0 Å². The summed E-state index contributed by atoms with van der Waals surface area (Å²) in [7, 11) is 0. The summed E-state index contributed by atoms with van der Waals surface area (Å²) in [6.45, 7) is 3.73. The maximum atomic E-state index is 5.69. The number of benzene rings is 1. The summed E-state index contributed by atoms with van der Waals surface area (Å²) < 4.78 is 5.69. The average molecular weight is 289 g/mol. The van der Waals surface area contributed by atoms with Crippen LogP contribution in [0.3, 0.4) is 0 Å². The highest BCUT2D eigenvalue weighted by molar-refractivity contribution is 5.85. The van der Waals surface area contributed by atoms with Crippen LogP contribution in [-0.2, 0) is 16.2 Å². The highest BCUT2D eigenvalue weighted by Gasteiger charge is 2.18. The Labute approximate surface area is 128 Å². The minimum atomic E-state index is 0.342. The minimum Gasteiger partial charge on any atom is -0.392 e. The second kappa shape index (κ2) is 9.56. The van der Waals surface area contributed by atoms with E-state index in [9.17, 15) is 0 Å². The summed E-state index contributed by atoms with van der Waals surface area (Å²) >= 11 is 0. The van der Waals surface area contributed by atoms with E-state index in [1.54, 1.807) is 0 Å². The third kappa shape index (κ3) is 6.30. The van der Waals surface area contributed by atoms with Gasteiger partial charge in [0.05, 0.1) is 12.3 Å². The largest absolute Gasteiger partial charge is 0.392 e. The molecule has 1 aliphatic rings. The molecule has 0 saturated carbocycles. The van der Waals surface area contributed by atoms with Crippen LogP contribution in [0.2, 0.25) is 0 Å². The fraction of sp³-hybridized carbons (Fsp3) is 0.611. The summed E-state index contributed by atoms with van der Waals surface area (Å²) in [4.78, 5) is 5.41. The van der Waals surface area contributed by atoms with Crippen molar-refractivity contribution in [2.75, 3.05) is 6.61 Å². The number of rotatable bonds is 10. The van der Waals surface area contributed by atoms with Crippen molar-refractivity contribution >= 4 is 5.71 Å². The summed E-state index contributed by atoms with van der Waals surface area (Å²) in [5, 5.41) is 4.10. The Bertz CT molecular complexity index is 416. The molecule has 1 aromatic rings. The van der Waals surface area contributed by atoms with E-state index in [4.69, 9.17) is 9.57 Å². The van der Waals surface area contributed by atoms with Crippen LogP contribution >= 0.6 is 0 Å². The zero-order chi connectivity index (χ0) is 14.8. The van der Waals surface area contributed by atoms with Gasteiger partial charge in [-0.1, -0.05) is 55.3 Å². The standard InChI is InChI=1S/C18H27NO2/c1-2-17-14-18(21-19-17)12-8-3-4-9-13-20-15-16-10-6-5-7-11-16/h5-7,10-11,18H,2-4,8-9,12-15H2,1H3. The molecule has 3 heteroatoms. The Kier molecular flexibility index (Phi) is 7.30. The molecule has 21 heavy (non-hydrogen) atoms. The van der Waals surface area contributed by atoms with Crippen LogP contribution in [0.25, 0.3) is 0 Å². The fourth-order valence-corrected chi connectivity index (χ4v) is 2.54. The molecule has 1 atom stereocenters. The van der Waals surface area contributed by atoms with Gasteiger partial charge < -0.3 is 9.57 Å². The van der Waals surface area contributed by atoms with Crippen LogP contribution in [0, 0.1) is 0 Å². The molecule has 1 unspecified atom stereocenters. The molecule has 0 amide bonds. The molecule has 116 valence electrons. The second-order valence-corrected chi connectivity index (χ2v) is 5.68. The van der Waals surface area contributed by atoms with Gasteiger partial charge in [-0.25, -0.2) is 0 Å². The van der Waals surface area contributed by atoms with Crippen LogP contribution in [-0.4, -0.2) is 18.4 Å². The Morgan fingerprint density at radius 2 is 1.95 bits per heavy atom. The van der Waals surface area contributed by atoms with Gasteiger partial charge in [-0.05, 0) is 31.2 Å². The van der Waals surface area contributed by atoms with E-state index in [-0.39, 0.29) is 0 Å². The van der Waals surface area contributed by atoms with Crippen molar-refractivity contribution in [2.45, 2.75) is 64.6 Å². The van der Waals surface area contributed by atoms with E-state index in [1.807, 2.05) is 6.07 Å². The quantitative estimate of drug-likeness (QED) is 0.584. The number of unbranched alkanes of at least 4 members (excludes halogenated alkanes) is 3. The topological polar surface area (TPSA) is 30.8 Å². The van der Waals surface area contributed by atoms with Gasteiger partial charge in [0.25, 0.3) is 0 Å². The lowest BCUT2D eigenvalue weighted by Gasteiger charge is -2.08. The molecule has 1 aromatic carbocycles. The maximum Gasteiger partial charge on any atom is 0.132 e. The second-order valence-electron chi connectivity index (χ2n) is 5.68. The molecule has 2 rings (SSSR count). The number of ether oxygens (including phenoxy) is 1. The van der Waals surface area contributed by atoms with Gasteiger partial charge in [0, 0.05) is 13.0 Å². The van der Waals surface area contributed by atoms with Gasteiger partial charge >= 0.3 is 0 Å². The van der Waals surface area contributed by atoms with Gasteiger partial charge in [-0.2, -0.15) is 0 Å². The van der Waals surface area contributed by atoms with E-state index in [0.29, 0.717) is 6.10 Å². The van der Waals surface area contributed by atoms with E-state index in [2.05, 4.69) is 36.3 Å². The van der Waals surface area contributed by atoms with Crippen molar-refractivity contribution in [1.82, 2.24) is 0 Å². The molecule has 3 nitrogen and oxygen atoms in total. The third-order valence-electron chi connectivity index (χ3n) is 3.88. The van der Waals surface area contributed by atoms with Crippen molar-refractivity contribution in [3.63, 3.8) is 0 Å². The molecule has 1 aliphatic heterocycles. The van der Waals surface area contributed by atoms with Crippen LogP contribution in [0.4, 0.5) is 0 Å². The lowest BCUT2D eigenvalue weighted by atomic mass is 10.0.